The van der Waals surface area contributed by atoms with E-state index in [9.17, 15) is 14.7 Å². The Morgan fingerprint density at radius 1 is 1.16 bits per heavy atom. The highest BCUT2D eigenvalue weighted by Gasteiger charge is 2.43. The van der Waals surface area contributed by atoms with E-state index in [4.69, 9.17) is 9.47 Å². The molecule has 3 aromatic rings. The first-order chi connectivity index (χ1) is 15.0. The smallest absolute Gasteiger partial charge is 0.290 e. The third-order valence-corrected chi connectivity index (χ3v) is 5.71. The number of amides is 1. The number of benzene rings is 2. The number of fused-ring (bicyclic) bond motifs is 1. The summed E-state index contributed by atoms with van der Waals surface area (Å²) in [7, 11) is 3.16. The van der Waals surface area contributed by atoms with Crippen molar-refractivity contribution < 1.29 is 24.2 Å². The van der Waals surface area contributed by atoms with Crippen molar-refractivity contribution in [2.24, 2.45) is 0 Å². The van der Waals surface area contributed by atoms with Crippen molar-refractivity contribution in [3.8, 4) is 11.5 Å². The van der Waals surface area contributed by atoms with Crippen LogP contribution in [0.25, 0.3) is 10.9 Å². The predicted molar refractivity (Wildman–Crippen MR) is 116 cm³/mol. The van der Waals surface area contributed by atoms with Gasteiger partial charge in [-0.05, 0) is 43.2 Å². The van der Waals surface area contributed by atoms with E-state index >= 15 is 0 Å². The lowest BCUT2D eigenvalue weighted by atomic mass is 9.95. The first-order valence-electron chi connectivity index (χ1n) is 9.98. The van der Waals surface area contributed by atoms with Crippen molar-refractivity contribution >= 4 is 22.6 Å². The Morgan fingerprint density at radius 3 is 2.65 bits per heavy atom. The molecule has 0 bridgehead atoms. The van der Waals surface area contributed by atoms with E-state index in [0.29, 0.717) is 24.3 Å². The second kappa shape index (κ2) is 8.18. The van der Waals surface area contributed by atoms with Crippen LogP contribution in [-0.2, 0) is 16.0 Å². The lowest BCUT2D eigenvalue weighted by molar-refractivity contribution is -0.129. The van der Waals surface area contributed by atoms with E-state index in [1.165, 1.54) is 18.9 Å². The van der Waals surface area contributed by atoms with Crippen LogP contribution >= 0.6 is 0 Å². The largest absolute Gasteiger partial charge is 0.503 e. The third kappa shape index (κ3) is 3.52. The number of para-hydroxylation sites is 1. The number of rotatable bonds is 7. The molecule has 2 heterocycles. The fraction of sp³-hybridized carbons (Fsp3) is 0.250. The summed E-state index contributed by atoms with van der Waals surface area (Å²) in [5.74, 6) is -0.102. The van der Waals surface area contributed by atoms with Crippen LogP contribution in [-0.4, -0.2) is 47.4 Å². The second-order valence-electron chi connectivity index (χ2n) is 7.44. The van der Waals surface area contributed by atoms with Gasteiger partial charge in [-0.15, -0.1) is 0 Å². The Balaban J connectivity index is 1.70. The number of ether oxygens (including phenoxy) is 2. The SMILES string of the molecule is COc1ccc2[nH]cc(CCN3C(=O)C(O)=C(C(C)=O)C3c3ccccc3OC)c2c1. The van der Waals surface area contributed by atoms with Crippen molar-refractivity contribution in [2.45, 2.75) is 19.4 Å². The topological polar surface area (TPSA) is 91.9 Å². The van der Waals surface area contributed by atoms with Crippen molar-refractivity contribution in [3.63, 3.8) is 0 Å². The van der Waals surface area contributed by atoms with Crippen LogP contribution in [0.4, 0.5) is 0 Å². The Morgan fingerprint density at radius 2 is 1.94 bits per heavy atom. The van der Waals surface area contributed by atoms with Gasteiger partial charge in [0.1, 0.15) is 11.5 Å². The van der Waals surface area contributed by atoms with Crippen molar-refractivity contribution in [1.29, 1.82) is 0 Å². The molecule has 0 saturated carbocycles. The maximum Gasteiger partial charge on any atom is 0.290 e. The normalized spacial score (nSPS) is 16.3. The molecule has 2 N–H and O–H groups in total. The van der Waals surface area contributed by atoms with Crippen LogP contribution in [0.3, 0.4) is 0 Å². The number of H-pyrrole nitrogens is 1. The molecular weight excluding hydrogens is 396 g/mol. The van der Waals surface area contributed by atoms with Crippen LogP contribution in [0.15, 0.2) is 60.0 Å². The van der Waals surface area contributed by atoms with Crippen molar-refractivity contribution in [2.75, 3.05) is 20.8 Å². The molecule has 7 heteroatoms. The molecule has 1 atom stereocenters. The Bertz CT molecular complexity index is 1190. The van der Waals surface area contributed by atoms with Gasteiger partial charge in [0, 0.05) is 29.2 Å². The number of aromatic nitrogens is 1. The fourth-order valence-corrected chi connectivity index (χ4v) is 4.19. The fourth-order valence-electron chi connectivity index (χ4n) is 4.19. The van der Waals surface area contributed by atoms with Gasteiger partial charge in [0.05, 0.1) is 25.8 Å². The number of carbonyl (C=O) groups excluding carboxylic acids is 2. The molecule has 0 radical (unpaired) electrons. The molecule has 0 fully saturated rings. The number of aliphatic hydroxyl groups excluding tert-OH is 1. The molecule has 2 aromatic carbocycles. The summed E-state index contributed by atoms with van der Waals surface area (Å²) in [5, 5.41) is 11.5. The number of hydrogen-bond donors (Lipinski definition) is 2. The summed E-state index contributed by atoms with van der Waals surface area (Å²) in [4.78, 5) is 30.0. The summed E-state index contributed by atoms with van der Waals surface area (Å²) in [6.45, 7) is 1.67. The Labute approximate surface area is 179 Å². The number of Topliss-reactive ketones (excluding diaryl/α,β-unsaturated/α-hetero) is 1. The third-order valence-electron chi connectivity index (χ3n) is 5.71. The minimum absolute atomic E-state index is 0.0927. The summed E-state index contributed by atoms with van der Waals surface area (Å²) in [6, 6.07) is 12.3. The van der Waals surface area contributed by atoms with Gasteiger partial charge in [0.15, 0.2) is 11.5 Å². The molecule has 1 unspecified atom stereocenters. The standard InChI is InChI=1S/C24H24N2O5/c1-14(27)21-22(17-6-4-5-7-20(17)31-3)26(24(29)23(21)28)11-10-15-13-25-19-9-8-16(30-2)12-18(15)19/h4-9,12-13,22,25,28H,10-11H2,1-3H3. The highest BCUT2D eigenvalue weighted by atomic mass is 16.5. The molecule has 0 saturated heterocycles. The van der Waals surface area contributed by atoms with Gasteiger partial charge in [-0.1, -0.05) is 18.2 Å². The van der Waals surface area contributed by atoms with Crippen molar-refractivity contribution in [1.82, 2.24) is 9.88 Å². The highest BCUT2D eigenvalue weighted by molar-refractivity contribution is 6.08. The Hall–Kier alpha value is -3.74. The number of nitrogens with zero attached hydrogens (tertiary/aromatic N) is 1. The van der Waals surface area contributed by atoms with Gasteiger partial charge in [-0.2, -0.15) is 0 Å². The molecule has 4 rings (SSSR count). The number of hydrogen-bond acceptors (Lipinski definition) is 5. The molecule has 7 nitrogen and oxygen atoms in total. The van der Waals surface area contributed by atoms with E-state index in [0.717, 1.165) is 22.2 Å². The molecule has 0 spiro atoms. The van der Waals surface area contributed by atoms with Gasteiger partial charge in [-0.25, -0.2) is 0 Å². The molecule has 0 aliphatic carbocycles. The number of carbonyl (C=O) groups is 2. The van der Waals surface area contributed by atoms with Crippen LogP contribution in [0, 0.1) is 0 Å². The molecule has 1 amide bonds. The zero-order chi connectivity index (χ0) is 22.1. The van der Waals surface area contributed by atoms with E-state index in [1.54, 1.807) is 13.2 Å². The van der Waals surface area contributed by atoms with Crippen molar-refractivity contribution in [3.05, 3.63) is 71.1 Å². The number of aliphatic hydroxyl groups is 1. The maximum atomic E-state index is 12.9. The minimum atomic E-state index is -0.708. The summed E-state index contributed by atoms with van der Waals surface area (Å²) in [6.07, 6.45) is 2.44. The predicted octanol–water partition coefficient (Wildman–Crippen LogP) is 3.71. The van der Waals surface area contributed by atoms with Gasteiger partial charge in [-0.3, -0.25) is 9.59 Å². The van der Waals surface area contributed by atoms with Crippen LogP contribution in [0.1, 0.15) is 24.1 Å². The highest BCUT2D eigenvalue weighted by Crippen LogP contribution is 2.41. The second-order valence-corrected chi connectivity index (χ2v) is 7.44. The van der Waals surface area contributed by atoms with Crippen LogP contribution in [0.5, 0.6) is 11.5 Å². The molecule has 31 heavy (non-hydrogen) atoms. The number of nitrogens with one attached hydrogen (secondary N) is 1. The van der Waals surface area contributed by atoms with Gasteiger partial charge >= 0.3 is 0 Å². The minimum Gasteiger partial charge on any atom is -0.503 e. The molecular formula is C24H24N2O5. The maximum absolute atomic E-state index is 12.9. The summed E-state index contributed by atoms with van der Waals surface area (Å²) in [5.41, 5.74) is 2.73. The van der Waals surface area contributed by atoms with E-state index in [-0.39, 0.29) is 11.4 Å². The zero-order valence-corrected chi connectivity index (χ0v) is 17.6. The lowest BCUT2D eigenvalue weighted by Gasteiger charge is -2.27. The van der Waals surface area contributed by atoms with E-state index in [2.05, 4.69) is 4.98 Å². The first kappa shape index (κ1) is 20.5. The van der Waals surface area contributed by atoms with Gasteiger partial charge in [0.25, 0.3) is 5.91 Å². The van der Waals surface area contributed by atoms with Gasteiger partial charge in [0.2, 0.25) is 0 Å². The summed E-state index contributed by atoms with van der Waals surface area (Å²) < 4.78 is 10.8. The zero-order valence-electron chi connectivity index (χ0n) is 17.6. The molecule has 1 aliphatic heterocycles. The van der Waals surface area contributed by atoms with Crippen LogP contribution < -0.4 is 9.47 Å². The van der Waals surface area contributed by atoms with E-state index < -0.39 is 17.7 Å². The first-order valence-corrected chi connectivity index (χ1v) is 9.98. The molecule has 160 valence electrons. The summed E-state index contributed by atoms with van der Waals surface area (Å²) >= 11 is 0. The number of aromatic amines is 1. The lowest BCUT2D eigenvalue weighted by Crippen LogP contribution is -2.33. The van der Waals surface area contributed by atoms with Crippen LogP contribution in [0.2, 0.25) is 0 Å². The number of ketones is 1. The Kier molecular flexibility index (Phi) is 5.42. The average Bonchev–Trinajstić information content (AvgIpc) is 3.30. The molecule has 1 aliphatic rings. The monoisotopic (exact) mass is 420 g/mol. The quantitative estimate of drug-likeness (QED) is 0.608. The van der Waals surface area contributed by atoms with Gasteiger partial charge < -0.3 is 24.5 Å². The number of methoxy groups -OCH3 is 2. The molecule has 1 aromatic heterocycles. The van der Waals surface area contributed by atoms with E-state index in [1.807, 2.05) is 42.6 Å². The average molecular weight is 420 g/mol.